The van der Waals surface area contributed by atoms with E-state index in [1.54, 1.807) is 30.3 Å². The highest BCUT2D eigenvalue weighted by Gasteiger charge is 2.26. The highest BCUT2D eigenvalue weighted by atomic mass is 127. The highest BCUT2D eigenvalue weighted by Crippen LogP contribution is 2.26. The van der Waals surface area contributed by atoms with Gasteiger partial charge in [-0.2, -0.15) is 0 Å². The molecule has 1 amide bonds. The standard InChI is InChI=1S/C20H35N5O2S.HI/c1-6-15(2)23-20(22-13-19(26)24(4)5)21-12-17(18-8-7-11-28-18)25-9-10-27-16(3)14-25;/h7-8,11,15-17H,6,9-10,12-14H2,1-5H3,(H2,21,22,23);1H. The summed E-state index contributed by atoms with van der Waals surface area (Å²) < 4.78 is 5.72. The predicted octanol–water partition coefficient (Wildman–Crippen LogP) is 2.55. The Morgan fingerprint density at radius 2 is 2.24 bits per heavy atom. The van der Waals surface area contributed by atoms with Crippen molar-refractivity contribution >= 4 is 47.2 Å². The molecule has 7 nitrogen and oxygen atoms in total. The Bertz CT molecular complexity index is 626. The lowest BCUT2D eigenvalue weighted by Gasteiger charge is -2.37. The molecule has 0 bridgehead atoms. The number of amides is 1. The number of ether oxygens (including phenoxy) is 1. The fraction of sp³-hybridized carbons (Fsp3) is 0.700. The van der Waals surface area contributed by atoms with E-state index in [4.69, 9.17) is 4.74 Å². The highest BCUT2D eigenvalue weighted by molar-refractivity contribution is 14.0. The fourth-order valence-corrected chi connectivity index (χ4v) is 3.85. The number of likely N-dealkylation sites (N-methyl/N-ethyl adjacent to an activating group) is 1. The van der Waals surface area contributed by atoms with Gasteiger partial charge in [-0.05, 0) is 31.7 Å². The van der Waals surface area contributed by atoms with Gasteiger partial charge in [0.2, 0.25) is 5.91 Å². The number of rotatable bonds is 8. The predicted molar refractivity (Wildman–Crippen MR) is 131 cm³/mol. The summed E-state index contributed by atoms with van der Waals surface area (Å²) in [5, 5.41) is 8.99. The van der Waals surface area contributed by atoms with Crippen LogP contribution < -0.4 is 10.6 Å². The van der Waals surface area contributed by atoms with Crippen molar-refractivity contribution in [2.45, 2.75) is 45.4 Å². The van der Waals surface area contributed by atoms with Crippen LogP contribution in [-0.2, 0) is 9.53 Å². The third-order valence-electron chi connectivity index (χ3n) is 4.91. The lowest BCUT2D eigenvalue weighted by molar-refractivity contribution is -0.127. The molecule has 2 rings (SSSR count). The van der Waals surface area contributed by atoms with Crippen LogP contribution in [0.5, 0.6) is 0 Å². The van der Waals surface area contributed by atoms with E-state index >= 15 is 0 Å². The van der Waals surface area contributed by atoms with Crippen LogP contribution in [0.1, 0.15) is 38.1 Å². The van der Waals surface area contributed by atoms with Crippen molar-refractivity contribution in [1.29, 1.82) is 0 Å². The van der Waals surface area contributed by atoms with Crippen LogP contribution in [0.15, 0.2) is 22.5 Å². The number of hydrogen-bond donors (Lipinski definition) is 2. The summed E-state index contributed by atoms with van der Waals surface area (Å²) in [4.78, 5) is 21.8. The first-order valence-corrected chi connectivity index (χ1v) is 10.9. The lowest BCUT2D eigenvalue weighted by Crippen LogP contribution is -2.49. The maximum atomic E-state index is 12.0. The number of aliphatic imine (C=N–C) groups is 1. The Hall–Kier alpha value is -0.910. The van der Waals surface area contributed by atoms with Crippen molar-refractivity contribution in [3.05, 3.63) is 22.4 Å². The molecular weight excluding hydrogens is 501 g/mol. The van der Waals surface area contributed by atoms with Gasteiger partial charge in [0.25, 0.3) is 0 Å². The molecule has 1 saturated heterocycles. The summed E-state index contributed by atoms with van der Waals surface area (Å²) >= 11 is 1.77. The zero-order valence-electron chi connectivity index (χ0n) is 18.2. The molecule has 3 unspecified atom stereocenters. The van der Waals surface area contributed by atoms with Gasteiger partial charge in [0.1, 0.15) is 6.54 Å². The largest absolute Gasteiger partial charge is 0.376 e. The number of nitrogens with one attached hydrogen (secondary N) is 2. The summed E-state index contributed by atoms with van der Waals surface area (Å²) in [6.07, 6.45) is 1.22. The Morgan fingerprint density at radius 3 is 2.83 bits per heavy atom. The molecule has 1 aliphatic heterocycles. The first-order chi connectivity index (χ1) is 13.4. The first kappa shape index (κ1) is 26.1. The number of halogens is 1. The molecule has 1 aliphatic rings. The minimum atomic E-state index is -0.0120. The van der Waals surface area contributed by atoms with E-state index in [2.05, 4.69) is 58.8 Å². The van der Waals surface area contributed by atoms with Gasteiger partial charge in [0.15, 0.2) is 5.96 Å². The number of thiophene rings is 1. The Labute approximate surface area is 196 Å². The maximum absolute atomic E-state index is 12.0. The second-order valence-corrected chi connectivity index (χ2v) is 8.47. The summed E-state index contributed by atoms with van der Waals surface area (Å²) in [7, 11) is 3.50. The molecule has 1 aromatic heterocycles. The second kappa shape index (κ2) is 13.4. The van der Waals surface area contributed by atoms with Crippen molar-refractivity contribution in [1.82, 2.24) is 20.4 Å². The van der Waals surface area contributed by atoms with Crippen molar-refractivity contribution in [2.75, 3.05) is 46.9 Å². The van der Waals surface area contributed by atoms with Gasteiger partial charge in [-0.15, -0.1) is 35.3 Å². The van der Waals surface area contributed by atoms with E-state index in [1.807, 2.05) is 0 Å². The molecule has 1 fully saturated rings. The maximum Gasteiger partial charge on any atom is 0.243 e. The minimum Gasteiger partial charge on any atom is -0.376 e. The van der Waals surface area contributed by atoms with E-state index in [1.165, 1.54) is 4.88 Å². The summed E-state index contributed by atoms with van der Waals surface area (Å²) in [6, 6.07) is 4.81. The molecule has 0 spiro atoms. The minimum absolute atomic E-state index is 0. The monoisotopic (exact) mass is 537 g/mol. The van der Waals surface area contributed by atoms with E-state index < -0.39 is 0 Å². The number of carbonyl (C=O) groups is 1. The zero-order valence-corrected chi connectivity index (χ0v) is 21.3. The third kappa shape index (κ3) is 8.77. The molecule has 0 saturated carbocycles. The van der Waals surface area contributed by atoms with E-state index in [9.17, 15) is 4.79 Å². The molecule has 0 radical (unpaired) electrons. The van der Waals surface area contributed by atoms with Crippen LogP contribution in [0, 0.1) is 0 Å². The van der Waals surface area contributed by atoms with Gasteiger partial charge in [0, 0.05) is 44.6 Å². The van der Waals surface area contributed by atoms with Crippen LogP contribution in [0.3, 0.4) is 0 Å². The van der Waals surface area contributed by atoms with Gasteiger partial charge in [0.05, 0.1) is 18.8 Å². The van der Waals surface area contributed by atoms with Gasteiger partial charge >= 0.3 is 0 Å². The van der Waals surface area contributed by atoms with Crippen LogP contribution in [0.4, 0.5) is 0 Å². The molecule has 29 heavy (non-hydrogen) atoms. The SMILES string of the molecule is CCC(C)NC(=NCC(=O)N(C)C)NCC(c1cccs1)N1CCOC(C)C1.I. The molecule has 0 aliphatic carbocycles. The summed E-state index contributed by atoms with van der Waals surface area (Å²) in [5.74, 6) is 0.675. The number of hydrogen-bond acceptors (Lipinski definition) is 5. The molecule has 0 aromatic carbocycles. The summed E-state index contributed by atoms with van der Waals surface area (Å²) in [5.41, 5.74) is 0. The van der Waals surface area contributed by atoms with Crippen LogP contribution in [0.2, 0.25) is 0 Å². The third-order valence-corrected chi connectivity index (χ3v) is 5.89. The molecule has 1 aromatic rings. The molecule has 3 atom stereocenters. The van der Waals surface area contributed by atoms with Crippen molar-refractivity contribution in [3.8, 4) is 0 Å². The number of nitrogens with zero attached hydrogens (tertiary/aromatic N) is 3. The van der Waals surface area contributed by atoms with Crippen LogP contribution in [0.25, 0.3) is 0 Å². The van der Waals surface area contributed by atoms with E-state index in [0.29, 0.717) is 5.96 Å². The second-order valence-electron chi connectivity index (χ2n) is 7.50. The van der Waals surface area contributed by atoms with Gasteiger partial charge < -0.3 is 20.3 Å². The van der Waals surface area contributed by atoms with Gasteiger partial charge in [-0.1, -0.05) is 13.0 Å². The average molecular weight is 538 g/mol. The van der Waals surface area contributed by atoms with Crippen LogP contribution >= 0.6 is 35.3 Å². The van der Waals surface area contributed by atoms with E-state index in [-0.39, 0.29) is 54.6 Å². The first-order valence-electron chi connectivity index (χ1n) is 10.0. The van der Waals surface area contributed by atoms with Crippen molar-refractivity contribution in [3.63, 3.8) is 0 Å². The summed E-state index contributed by atoms with van der Waals surface area (Å²) in [6.45, 7) is 9.81. The average Bonchev–Trinajstić information content (AvgIpc) is 3.20. The smallest absolute Gasteiger partial charge is 0.243 e. The van der Waals surface area contributed by atoms with Crippen molar-refractivity contribution in [2.24, 2.45) is 4.99 Å². The van der Waals surface area contributed by atoms with Gasteiger partial charge in [-0.3, -0.25) is 9.69 Å². The number of morpholine rings is 1. The van der Waals surface area contributed by atoms with Crippen LogP contribution in [-0.4, -0.2) is 80.7 Å². The Kier molecular flexibility index (Phi) is 12.1. The Balaban J connectivity index is 0.00000420. The molecular formula is C20H36IN5O2S. The Morgan fingerprint density at radius 1 is 1.48 bits per heavy atom. The van der Waals surface area contributed by atoms with E-state index in [0.717, 1.165) is 32.7 Å². The molecule has 2 heterocycles. The molecule has 166 valence electrons. The van der Waals surface area contributed by atoms with Crippen molar-refractivity contribution < 1.29 is 9.53 Å². The lowest BCUT2D eigenvalue weighted by atomic mass is 10.1. The fourth-order valence-electron chi connectivity index (χ4n) is 2.99. The normalized spacial score (nSPS) is 19.8. The topological polar surface area (TPSA) is 69.2 Å². The van der Waals surface area contributed by atoms with Gasteiger partial charge in [-0.25, -0.2) is 4.99 Å². The number of guanidine groups is 1. The number of carbonyl (C=O) groups excluding carboxylic acids is 1. The molecule has 9 heteroatoms. The zero-order chi connectivity index (χ0) is 20.5. The molecule has 2 N–H and O–H groups in total. The quantitative estimate of drug-likeness (QED) is 0.303.